The minimum Gasteiger partial charge on any atom is -0.350 e. The molecule has 1 amide bonds. The van der Waals surface area contributed by atoms with Gasteiger partial charge in [-0.3, -0.25) is 4.79 Å². The van der Waals surface area contributed by atoms with Crippen LogP contribution in [0.4, 0.5) is 15.9 Å². The topological polar surface area (TPSA) is 66.9 Å². The van der Waals surface area contributed by atoms with Crippen LogP contribution in [-0.2, 0) is 6.42 Å². The molecule has 0 spiro atoms. The minimum atomic E-state index is -0.288. The van der Waals surface area contributed by atoms with Gasteiger partial charge in [-0.1, -0.05) is 44.2 Å². The summed E-state index contributed by atoms with van der Waals surface area (Å²) in [7, 11) is 0. The summed E-state index contributed by atoms with van der Waals surface area (Å²) in [6.45, 7) is 4.70. The second kappa shape index (κ2) is 9.08. The molecule has 0 atom stereocenters. The zero-order chi connectivity index (χ0) is 19.9. The first kappa shape index (κ1) is 19.5. The molecule has 2 N–H and O–H groups in total. The minimum absolute atomic E-state index is 0.252. The molecule has 5 nitrogen and oxygen atoms in total. The number of hydrogen-bond acceptors (Lipinski definition) is 4. The van der Waals surface area contributed by atoms with E-state index in [9.17, 15) is 9.18 Å². The second-order valence-corrected chi connectivity index (χ2v) is 6.79. The Morgan fingerprint density at radius 3 is 2.46 bits per heavy atom. The highest BCUT2D eigenvalue weighted by Gasteiger charge is 2.10. The van der Waals surface area contributed by atoms with E-state index < -0.39 is 0 Å². The van der Waals surface area contributed by atoms with Gasteiger partial charge in [0.15, 0.2) is 0 Å². The van der Waals surface area contributed by atoms with Crippen molar-refractivity contribution in [2.75, 3.05) is 11.9 Å². The van der Waals surface area contributed by atoms with Crippen LogP contribution in [0.2, 0.25) is 0 Å². The van der Waals surface area contributed by atoms with Crippen molar-refractivity contribution in [2.24, 2.45) is 0 Å². The third kappa shape index (κ3) is 5.13. The highest BCUT2D eigenvalue weighted by molar-refractivity contribution is 5.92. The van der Waals surface area contributed by atoms with Crippen LogP contribution in [0, 0.1) is 5.82 Å². The van der Waals surface area contributed by atoms with Crippen LogP contribution in [0.3, 0.4) is 0 Å². The Labute approximate surface area is 164 Å². The van der Waals surface area contributed by atoms with Gasteiger partial charge in [-0.15, -0.1) is 0 Å². The maximum atomic E-state index is 12.9. The van der Waals surface area contributed by atoms with Gasteiger partial charge in [0, 0.05) is 12.2 Å². The summed E-state index contributed by atoms with van der Waals surface area (Å²) in [4.78, 5) is 20.7. The van der Waals surface area contributed by atoms with Crippen molar-refractivity contribution >= 4 is 17.4 Å². The first-order valence-electron chi connectivity index (χ1n) is 9.23. The van der Waals surface area contributed by atoms with Crippen molar-refractivity contribution in [1.82, 2.24) is 15.3 Å². The van der Waals surface area contributed by atoms with E-state index in [1.807, 2.05) is 18.2 Å². The predicted octanol–water partition coefficient (Wildman–Crippen LogP) is 4.46. The Kier molecular flexibility index (Phi) is 6.32. The molecule has 3 aromatic rings. The summed E-state index contributed by atoms with van der Waals surface area (Å²) in [6.07, 6.45) is 3.62. The smallest absolute Gasteiger partial charge is 0.271 e. The molecule has 0 saturated heterocycles. The van der Waals surface area contributed by atoms with Gasteiger partial charge in [0.25, 0.3) is 5.91 Å². The van der Waals surface area contributed by atoms with Crippen LogP contribution >= 0.6 is 0 Å². The van der Waals surface area contributed by atoms with Crippen molar-refractivity contribution in [3.63, 3.8) is 0 Å². The average Bonchev–Trinajstić information content (AvgIpc) is 2.70. The lowest BCUT2D eigenvalue weighted by molar-refractivity contribution is 0.0949. The molecular formula is C22H23FN4O. The molecule has 28 heavy (non-hydrogen) atoms. The van der Waals surface area contributed by atoms with Crippen molar-refractivity contribution < 1.29 is 9.18 Å². The number of carbonyl (C=O) groups is 1. The highest BCUT2D eigenvalue weighted by atomic mass is 19.1. The normalized spacial score (nSPS) is 10.7. The summed E-state index contributed by atoms with van der Waals surface area (Å²) in [6, 6.07) is 14.3. The lowest BCUT2D eigenvalue weighted by Gasteiger charge is -2.13. The number of para-hydroxylation sites is 1. The Balaban J connectivity index is 1.56. The van der Waals surface area contributed by atoms with Gasteiger partial charge < -0.3 is 10.6 Å². The largest absolute Gasteiger partial charge is 0.350 e. The van der Waals surface area contributed by atoms with Crippen LogP contribution in [0.5, 0.6) is 0 Å². The first-order valence-corrected chi connectivity index (χ1v) is 9.23. The van der Waals surface area contributed by atoms with Gasteiger partial charge in [-0.25, -0.2) is 14.4 Å². The van der Waals surface area contributed by atoms with E-state index in [0.29, 0.717) is 24.7 Å². The fraction of sp³-hybridized carbons (Fsp3) is 0.227. The van der Waals surface area contributed by atoms with E-state index in [2.05, 4.69) is 40.5 Å². The number of halogens is 1. The summed E-state index contributed by atoms with van der Waals surface area (Å²) in [5, 5.41) is 6.05. The van der Waals surface area contributed by atoms with Crippen molar-refractivity contribution in [3.05, 3.63) is 83.6 Å². The standard InChI is InChI=1S/C22H23FN4O/c1-15(2)18-5-3-4-6-19(18)27-21-14-25-20(13-26-21)22(28)24-12-11-16-7-9-17(23)10-8-16/h3-10,13-15H,11-12H2,1-2H3,(H,24,28)(H,26,27). The number of amides is 1. The number of benzene rings is 2. The van der Waals surface area contributed by atoms with E-state index in [-0.39, 0.29) is 17.4 Å². The van der Waals surface area contributed by atoms with Gasteiger partial charge in [-0.05, 0) is 41.7 Å². The molecule has 0 aliphatic heterocycles. The molecule has 2 aromatic carbocycles. The highest BCUT2D eigenvalue weighted by Crippen LogP contribution is 2.25. The van der Waals surface area contributed by atoms with Crippen LogP contribution < -0.4 is 10.6 Å². The monoisotopic (exact) mass is 378 g/mol. The van der Waals surface area contributed by atoms with Crippen LogP contribution in [0.25, 0.3) is 0 Å². The number of carbonyl (C=O) groups excluding carboxylic acids is 1. The van der Waals surface area contributed by atoms with Gasteiger partial charge in [0.05, 0.1) is 12.4 Å². The van der Waals surface area contributed by atoms with E-state index >= 15 is 0 Å². The van der Waals surface area contributed by atoms with E-state index in [1.54, 1.807) is 18.3 Å². The summed E-state index contributed by atoms with van der Waals surface area (Å²) in [5.74, 6) is 0.398. The maximum Gasteiger partial charge on any atom is 0.271 e. The van der Waals surface area contributed by atoms with Gasteiger partial charge in [0.1, 0.15) is 17.3 Å². The van der Waals surface area contributed by atoms with E-state index in [1.165, 1.54) is 23.9 Å². The summed E-state index contributed by atoms with van der Waals surface area (Å²) < 4.78 is 12.9. The Hall–Kier alpha value is -3.28. The summed E-state index contributed by atoms with van der Waals surface area (Å²) in [5.41, 5.74) is 3.37. The molecule has 0 fully saturated rings. The molecule has 144 valence electrons. The van der Waals surface area contributed by atoms with Crippen molar-refractivity contribution in [2.45, 2.75) is 26.2 Å². The third-order valence-electron chi connectivity index (χ3n) is 4.34. The average molecular weight is 378 g/mol. The molecule has 0 radical (unpaired) electrons. The molecule has 1 aromatic heterocycles. The Morgan fingerprint density at radius 1 is 1.04 bits per heavy atom. The lowest BCUT2D eigenvalue weighted by Crippen LogP contribution is -2.26. The van der Waals surface area contributed by atoms with Gasteiger partial charge in [0.2, 0.25) is 0 Å². The molecule has 0 aliphatic rings. The number of nitrogens with zero attached hydrogens (tertiary/aromatic N) is 2. The molecule has 0 saturated carbocycles. The number of hydrogen-bond donors (Lipinski definition) is 2. The van der Waals surface area contributed by atoms with E-state index in [0.717, 1.165) is 11.3 Å². The number of rotatable bonds is 7. The molecule has 1 heterocycles. The number of anilines is 2. The Morgan fingerprint density at radius 2 is 1.79 bits per heavy atom. The zero-order valence-electron chi connectivity index (χ0n) is 15.9. The Bertz CT molecular complexity index is 924. The van der Waals surface area contributed by atoms with E-state index in [4.69, 9.17) is 0 Å². The quantitative estimate of drug-likeness (QED) is 0.637. The molecule has 0 unspecified atom stereocenters. The van der Waals surface area contributed by atoms with Crippen LogP contribution in [0.1, 0.15) is 41.4 Å². The SMILES string of the molecule is CC(C)c1ccccc1Nc1cnc(C(=O)NCCc2ccc(F)cc2)cn1. The van der Waals surface area contributed by atoms with Crippen LogP contribution in [-0.4, -0.2) is 22.4 Å². The van der Waals surface area contributed by atoms with Crippen molar-refractivity contribution in [3.8, 4) is 0 Å². The van der Waals surface area contributed by atoms with Crippen molar-refractivity contribution in [1.29, 1.82) is 0 Å². The first-order chi connectivity index (χ1) is 13.5. The third-order valence-corrected chi connectivity index (χ3v) is 4.34. The fourth-order valence-corrected chi connectivity index (χ4v) is 2.82. The van der Waals surface area contributed by atoms with Gasteiger partial charge >= 0.3 is 0 Å². The predicted molar refractivity (Wildman–Crippen MR) is 108 cm³/mol. The lowest BCUT2D eigenvalue weighted by atomic mass is 10.0. The summed E-state index contributed by atoms with van der Waals surface area (Å²) >= 11 is 0. The fourth-order valence-electron chi connectivity index (χ4n) is 2.82. The molecule has 6 heteroatoms. The maximum absolute atomic E-state index is 12.9. The van der Waals surface area contributed by atoms with Crippen LogP contribution in [0.15, 0.2) is 60.9 Å². The molecule has 0 bridgehead atoms. The zero-order valence-corrected chi connectivity index (χ0v) is 15.9. The molecule has 3 rings (SSSR count). The molecule has 0 aliphatic carbocycles. The second-order valence-electron chi connectivity index (χ2n) is 6.79. The molecular weight excluding hydrogens is 355 g/mol. The number of nitrogens with one attached hydrogen (secondary N) is 2. The van der Waals surface area contributed by atoms with Gasteiger partial charge in [-0.2, -0.15) is 0 Å². The number of aromatic nitrogens is 2.